The van der Waals surface area contributed by atoms with E-state index in [1.807, 2.05) is 32.0 Å². The molecule has 5 heterocycles. The Labute approximate surface area is 433 Å². The summed E-state index contributed by atoms with van der Waals surface area (Å²) in [5, 5.41) is 12.3. The van der Waals surface area contributed by atoms with Gasteiger partial charge in [0.25, 0.3) is 5.60 Å². The SMILES string of the molecule is C#CC#CC#CC#CC#CC#CC#CC#CC#CC#COC(=O)CC[C@@H]1c2[nH+]c(cc3[n-]c(cc4[nH+]c(cc5[n-]c6c(c5C)C(=O)C(O)(C(=O)OC)c26)[C@H](CC)C4C)c(C(C)=O)c3C)C1C.[HH].[HH].[HH].[HH].[HH].[HH].[HH].[HH].[HH].[HH].[HH].[HH].[HH].[HH].[HH].[HH].[HH].[HH].[HH].[Mg+2]. The molecule has 0 spiro atoms. The van der Waals surface area contributed by atoms with E-state index >= 15 is 0 Å². The standard InChI is InChI=1S/C55H37N4O7.Mg.19H2/c1-9-11-12-13-14-15-16-17-18-19-20-21-22-23-24-25-26-27-30-66-47(61)29-28-40-35(4)42-31-43-36(5)48(38(7)60)46(57-43)33-41-34(3)39(10-2)45(56-41)32-44-37(6)49-52(59-44)50(51(40)58-42)55(64,53(49)62)54(63)65-8;;;;;;;;;;;;;;;;;;;;/h1,31-35,39-40,64H,10,28-29H2,2-8H3,(H-,56,57,58,59,60,62);;19*1H/q-1;+2;;;;;;;;;;;;;;;;;;;/p+1/t34?,35?,39-,40+,55?;;;;;;;;;;;;;;;;;;;;/m1..................../s1. The smallest absolute Gasteiger partial charge is 0.657 e. The second-order valence-electron chi connectivity index (χ2n) is 15.2. The van der Waals surface area contributed by atoms with Crippen molar-refractivity contribution in [3.05, 3.63) is 68.8 Å². The van der Waals surface area contributed by atoms with Crippen molar-refractivity contribution in [3.63, 3.8) is 0 Å². The Kier molecular flexibility index (Phi) is 16.4. The molecule has 3 aromatic heterocycles. The first-order valence-electron chi connectivity index (χ1n) is 20.6. The van der Waals surface area contributed by atoms with Crippen LogP contribution in [0.15, 0.2) is 18.2 Å². The molecular weight excluding hydrogens is 853 g/mol. The van der Waals surface area contributed by atoms with Crippen molar-refractivity contribution >= 4 is 68.6 Å². The third kappa shape index (κ3) is 10.3. The van der Waals surface area contributed by atoms with E-state index in [-0.39, 0.29) is 97.3 Å². The van der Waals surface area contributed by atoms with E-state index in [2.05, 4.69) is 136 Å². The number of carbonyl (C=O) groups is 4. The van der Waals surface area contributed by atoms with E-state index in [4.69, 9.17) is 25.9 Å². The van der Waals surface area contributed by atoms with Crippen LogP contribution < -0.4 is 19.9 Å². The Morgan fingerprint density at radius 2 is 1.27 bits per heavy atom. The first-order chi connectivity index (χ1) is 31.8. The fourth-order valence-electron chi connectivity index (χ4n) is 8.34. The molecule has 5 atom stereocenters. The zero-order chi connectivity index (χ0) is 47.5. The molecule has 8 bridgehead atoms. The van der Waals surface area contributed by atoms with Gasteiger partial charge in [0.1, 0.15) is 6.11 Å². The first-order valence-corrected chi connectivity index (χ1v) is 20.6. The number of ether oxygens (including phenoxy) is 2. The third-order valence-electron chi connectivity index (χ3n) is 11.5. The number of H-pyrrole nitrogens is 2. The van der Waals surface area contributed by atoms with Gasteiger partial charge in [0.2, 0.25) is 5.78 Å². The van der Waals surface area contributed by atoms with E-state index in [0.29, 0.717) is 44.6 Å². The zero-order valence-corrected chi connectivity index (χ0v) is 39.2. The number of aromatic amines is 2. The maximum Gasteiger partial charge on any atom is 2.00 e. The topological polar surface area (TPSA) is 163 Å². The largest absolute Gasteiger partial charge is 2.00 e. The van der Waals surface area contributed by atoms with Crippen molar-refractivity contribution in [3.8, 4) is 119 Å². The molecule has 1 aliphatic carbocycles. The minimum absolute atomic E-state index is 0. The molecule has 2 aliphatic heterocycles. The number of nitrogens with zero attached hydrogens (tertiary/aromatic N) is 2. The average molecular weight is 930 g/mol. The van der Waals surface area contributed by atoms with Crippen molar-refractivity contribution in [1.82, 2.24) is 9.97 Å². The van der Waals surface area contributed by atoms with E-state index < -0.39 is 35.2 Å². The van der Waals surface area contributed by atoms with Gasteiger partial charge in [0, 0.05) is 104 Å². The Bertz CT molecular complexity index is 3550. The molecule has 0 amide bonds. The van der Waals surface area contributed by atoms with Gasteiger partial charge < -0.3 is 24.5 Å². The molecule has 11 nitrogen and oxygen atoms in total. The summed E-state index contributed by atoms with van der Waals surface area (Å²) in [7, 11) is 1.09. The van der Waals surface area contributed by atoms with Gasteiger partial charge in [-0.25, -0.2) is 14.8 Å². The summed E-state index contributed by atoms with van der Waals surface area (Å²) in [6.45, 7) is 11.2. The number of aryl methyl sites for hydroxylation is 2. The Balaban J connectivity index is -0.000000194. The van der Waals surface area contributed by atoms with Crippen molar-refractivity contribution in [1.29, 1.82) is 0 Å². The van der Waals surface area contributed by atoms with Crippen molar-refractivity contribution < 1.29 is 70.8 Å². The van der Waals surface area contributed by atoms with Crippen molar-refractivity contribution in [2.45, 2.75) is 90.1 Å². The van der Waals surface area contributed by atoms with Crippen LogP contribution in [0, 0.1) is 133 Å². The van der Waals surface area contributed by atoms with Gasteiger partial charge in [-0.1, -0.05) is 31.9 Å². The second kappa shape index (κ2) is 22.1. The quantitative estimate of drug-likeness (QED) is 0.0844. The van der Waals surface area contributed by atoms with Gasteiger partial charge in [0.15, 0.2) is 28.6 Å². The van der Waals surface area contributed by atoms with E-state index in [1.165, 1.54) is 6.92 Å². The minimum atomic E-state index is -2.75. The van der Waals surface area contributed by atoms with Crippen LogP contribution in [0.1, 0.15) is 158 Å². The fraction of sp³-hybridized carbons (Fsp3) is 0.273. The minimum Gasteiger partial charge on any atom is -0.657 e. The molecule has 0 aromatic carbocycles. The van der Waals surface area contributed by atoms with Crippen LogP contribution in [0.4, 0.5) is 0 Å². The van der Waals surface area contributed by atoms with Gasteiger partial charge in [-0.05, 0) is 99.2 Å². The molecule has 3 N–H and O–H groups in total. The van der Waals surface area contributed by atoms with E-state index in [1.54, 1.807) is 6.92 Å². The number of rotatable bonds is 6. The molecule has 0 fully saturated rings. The Morgan fingerprint density at radius 3 is 1.82 bits per heavy atom. The molecule has 67 heavy (non-hydrogen) atoms. The zero-order valence-electron chi connectivity index (χ0n) is 37.7. The van der Waals surface area contributed by atoms with Crippen molar-refractivity contribution in [2.24, 2.45) is 0 Å². The Morgan fingerprint density at radius 1 is 0.761 bits per heavy atom. The maximum absolute atomic E-state index is 14.4. The molecule has 3 aromatic rings. The number of nitrogens with one attached hydrogen (secondary N) is 2. The summed E-state index contributed by atoms with van der Waals surface area (Å²) in [4.78, 5) is 71.1. The number of esters is 2. The number of aliphatic hydroxyl groups is 1. The van der Waals surface area contributed by atoms with E-state index in [9.17, 15) is 24.3 Å². The van der Waals surface area contributed by atoms with Crippen LogP contribution >= 0.6 is 0 Å². The summed E-state index contributed by atoms with van der Waals surface area (Å²) in [5.74, 6) is 40.2. The summed E-state index contributed by atoms with van der Waals surface area (Å²) in [6.07, 6.45) is 8.00. The number of fused-ring (bicyclic) bond motifs is 8. The molecule has 0 saturated carbocycles. The normalized spacial score (nSPS) is 17.4. The van der Waals surface area contributed by atoms with E-state index in [0.717, 1.165) is 24.9 Å². The number of aromatic nitrogens is 4. The van der Waals surface area contributed by atoms with Gasteiger partial charge in [0.05, 0.1) is 36.3 Å². The molecule has 12 heteroatoms. The fourth-order valence-corrected chi connectivity index (χ4v) is 8.34. The average Bonchev–Trinajstić information content (AvgIpc) is 4.02. The molecular formula is C55H76MgN4O7+2. The third-order valence-corrected chi connectivity index (χ3v) is 11.5. The summed E-state index contributed by atoms with van der Waals surface area (Å²) < 4.78 is 10.2. The Hall–Kier alpha value is -8.27. The maximum atomic E-state index is 14.4. The monoisotopic (exact) mass is 929 g/mol. The predicted octanol–water partition coefficient (Wildman–Crippen LogP) is 8.21. The number of hydrogen-bond acceptors (Lipinski definition) is 7. The predicted molar refractivity (Wildman–Crippen MR) is 289 cm³/mol. The van der Waals surface area contributed by atoms with Crippen LogP contribution in [0.3, 0.4) is 0 Å². The molecule has 358 valence electrons. The number of ketones is 2. The molecule has 0 radical (unpaired) electrons. The number of hydrogen-bond donors (Lipinski definition) is 1. The van der Waals surface area contributed by atoms with Gasteiger partial charge in [-0.3, -0.25) is 14.4 Å². The molecule has 6 rings (SSSR count). The summed E-state index contributed by atoms with van der Waals surface area (Å²) in [5.41, 5.74) is 3.27. The number of terminal acetylenes is 1. The van der Waals surface area contributed by atoms with Crippen LogP contribution in [0.25, 0.3) is 22.1 Å². The first kappa shape index (κ1) is 49.7. The van der Waals surface area contributed by atoms with Crippen LogP contribution in [0.2, 0.25) is 0 Å². The molecule has 3 aliphatic rings. The van der Waals surface area contributed by atoms with Crippen LogP contribution in [-0.2, 0) is 24.7 Å². The van der Waals surface area contributed by atoms with Crippen molar-refractivity contribution in [2.75, 3.05) is 7.11 Å². The van der Waals surface area contributed by atoms with Crippen LogP contribution in [-0.4, -0.2) is 58.8 Å². The summed E-state index contributed by atoms with van der Waals surface area (Å²) in [6, 6.07) is 5.63. The molecule has 0 saturated heterocycles. The summed E-state index contributed by atoms with van der Waals surface area (Å²) >= 11 is 0. The number of Topliss-reactive ketones (excluding diaryl/α,β-unsaturated/α-hetero) is 2. The van der Waals surface area contributed by atoms with Gasteiger partial charge >= 0.3 is 35.0 Å². The number of carbonyl (C=O) groups excluding carboxylic acids is 4. The van der Waals surface area contributed by atoms with Gasteiger partial charge in [-0.15, -0.1) is 28.5 Å². The van der Waals surface area contributed by atoms with Crippen LogP contribution in [0.5, 0.6) is 0 Å². The van der Waals surface area contributed by atoms with Gasteiger partial charge in [-0.2, -0.15) is 0 Å². The number of methoxy groups -OCH3 is 1. The second-order valence-corrected chi connectivity index (χ2v) is 15.2. The molecule has 3 unspecified atom stereocenters.